The van der Waals surface area contributed by atoms with E-state index in [-0.39, 0.29) is 134 Å². The minimum absolute atomic E-state index is 0.00293. The van der Waals surface area contributed by atoms with Crippen molar-refractivity contribution in [1.82, 2.24) is 61.3 Å². The second-order valence-corrected chi connectivity index (χ2v) is 28.6. The summed E-state index contributed by atoms with van der Waals surface area (Å²) in [5, 5.41) is 18.1. The first-order chi connectivity index (χ1) is 51.2. The quantitative estimate of drug-likeness (QED) is 0.0452. The number of rotatable bonds is 24. The molecule has 552 valence electrons. The summed E-state index contributed by atoms with van der Waals surface area (Å²) in [4.78, 5) is 193. The maximum Gasteiger partial charge on any atom is 0.243 e. The molecule has 12 atom stereocenters. The fourth-order valence-corrected chi connectivity index (χ4v) is 15.8. The highest BCUT2D eigenvalue weighted by atomic mass is 16.2. The maximum atomic E-state index is 15.1. The highest BCUT2D eigenvalue weighted by Crippen LogP contribution is 2.30. The SMILES string of the molecule is CC(=O)N[C@H]1C[C@@H](C(=O)N[C@H]2C[C@@H](C(=O)N[C@H]3C[C@@H](C(=O)N[C@H]4C[C@@H](C(=O)N[C@H]5C[C@@H](C(=O)N[C@H]6C[C@@H](C(N)=O)N(C(=O)Cc7ccccc7)C6)N(C(=O)Cc6ccccc6)C5)N(C(=O)Cc5ccccc5)C4)N(C(=O)Cc4ccccc4)C3)N(C(=O)Cc3ccccc3)C2)N(C(=O)Cc2ccccc2)C1. The molecule has 6 aliphatic rings. The largest absolute Gasteiger partial charge is 0.368 e. The van der Waals surface area contributed by atoms with Crippen molar-refractivity contribution in [2.45, 2.75) is 156 Å². The van der Waals surface area contributed by atoms with Crippen LogP contribution >= 0.6 is 0 Å². The number of nitrogens with two attached hydrogens (primary N) is 1. The average molecular weight is 1440 g/mol. The highest BCUT2D eigenvalue weighted by Gasteiger charge is 2.50. The summed E-state index contributed by atoms with van der Waals surface area (Å²) in [5.74, 6) is -6.25. The zero-order valence-electron chi connectivity index (χ0n) is 59.0. The van der Waals surface area contributed by atoms with Crippen LogP contribution < -0.4 is 37.6 Å². The summed E-state index contributed by atoms with van der Waals surface area (Å²) < 4.78 is 0. The van der Waals surface area contributed by atoms with Crippen molar-refractivity contribution in [3.8, 4) is 0 Å². The Morgan fingerprint density at radius 1 is 0.264 bits per heavy atom. The van der Waals surface area contributed by atoms with Crippen LogP contribution in [0.15, 0.2) is 182 Å². The van der Waals surface area contributed by atoms with Crippen LogP contribution in [0.1, 0.15) is 78.8 Å². The summed E-state index contributed by atoms with van der Waals surface area (Å²) >= 11 is 0. The van der Waals surface area contributed by atoms with Crippen molar-refractivity contribution in [2.75, 3.05) is 39.3 Å². The Morgan fingerprint density at radius 3 is 0.594 bits per heavy atom. The molecule has 0 saturated carbocycles. The van der Waals surface area contributed by atoms with E-state index in [9.17, 15) is 52.7 Å². The molecule has 6 saturated heterocycles. The Labute approximate surface area is 614 Å². The van der Waals surface area contributed by atoms with Crippen LogP contribution in [-0.2, 0) is 101 Å². The van der Waals surface area contributed by atoms with Gasteiger partial charge in [0.2, 0.25) is 76.8 Å². The third-order valence-corrected chi connectivity index (χ3v) is 20.9. The molecule has 6 heterocycles. The fraction of sp³-hybridized carbons (Fsp3) is 0.388. The summed E-state index contributed by atoms with van der Waals surface area (Å²) in [5.41, 5.74) is 10.0. The molecule has 0 radical (unpaired) electrons. The Bertz CT molecular complexity index is 4220. The van der Waals surface area contributed by atoms with Gasteiger partial charge in [0.15, 0.2) is 0 Å². The molecule has 0 spiro atoms. The molecular weight excluding hydrogens is 1350 g/mol. The van der Waals surface area contributed by atoms with Crippen molar-refractivity contribution in [1.29, 1.82) is 0 Å². The summed E-state index contributed by atoms with van der Waals surface area (Å²) in [6.07, 6.45) is -0.380. The van der Waals surface area contributed by atoms with Crippen LogP contribution in [0.4, 0.5) is 0 Å². The lowest BCUT2D eigenvalue weighted by atomic mass is 10.1. The van der Waals surface area contributed by atoms with Gasteiger partial charge >= 0.3 is 0 Å². The van der Waals surface area contributed by atoms with E-state index in [1.165, 1.54) is 36.3 Å². The van der Waals surface area contributed by atoms with Gasteiger partial charge in [-0.15, -0.1) is 0 Å². The van der Waals surface area contributed by atoms with E-state index in [1.807, 2.05) is 60.7 Å². The Balaban J connectivity index is 0.748. The van der Waals surface area contributed by atoms with E-state index >= 15 is 9.59 Å². The molecule has 26 nitrogen and oxygen atoms in total. The minimum atomic E-state index is -1.18. The van der Waals surface area contributed by atoms with Gasteiger partial charge in [0, 0.05) is 82.4 Å². The van der Waals surface area contributed by atoms with Gasteiger partial charge in [0.05, 0.1) is 38.5 Å². The molecule has 12 rings (SSSR count). The second-order valence-electron chi connectivity index (χ2n) is 28.6. The van der Waals surface area contributed by atoms with Crippen LogP contribution in [-0.4, -0.2) is 218 Å². The molecule has 6 fully saturated rings. The van der Waals surface area contributed by atoms with Gasteiger partial charge < -0.3 is 67.0 Å². The molecule has 0 unspecified atom stereocenters. The molecule has 0 bridgehead atoms. The lowest BCUT2D eigenvalue weighted by Crippen LogP contribution is -2.50. The number of carbonyl (C=O) groups excluding carboxylic acids is 13. The van der Waals surface area contributed by atoms with Gasteiger partial charge in [0.1, 0.15) is 36.3 Å². The van der Waals surface area contributed by atoms with Crippen LogP contribution in [0.25, 0.3) is 0 Å². The molecule has 8 N–H and O–H groups in total. The van der Waals surface area contributed by atoms with E-state index in [4.69, 9.17) is 5.73 Å². The van der Waals surface area contributed by atoms with Crippen molar-refractivity contribution < 1.29 is 62.3 Å². The number of amides is 13. The number of hydrogen-bond acceptors (Lipinski definition) is 13. The van der Waals surface area contributed by atoms with E-state index in [1.54, 1.807) is 121 Å². The number of hydrogen-bond donors (Lipinski definition) is 7. The lowest BCUT2D eigenvalue weighted by molar-refractivity contribution is -0.138. The summed E-state index contributed by atoms with van der Waals surface area (Å²) in [6.45, 7) is 1.04. The third-order valence-electron chi connectivity index (χ3n) is 20.9. The molecular formula is C80H89N13O13. The van der Waals surface area contributed by atoms with Gasteiger partial charge in [-0.2, -0.15) is 0 Å². The second kappa shape index (κ2) is 33.9. The predicted octanol–water partition coefficient (Wildman–Crippen LogP) is 1.46. The smallest absolute Gasteiger partial charge is 0.243 e. The summed E-state index contributed by atoms with van der Waals surface area (Å²) in [6, 6.07) is 42.8. The van der Waals surface area contributed by atoms with Crippen LogP contribution in [0.3, 0.4) is 0 Å². The Hall–Kier alpha value is -11.6. The topological polar surface area (TPSA) is 340 Å². The average Bonchev–Trinajstić information content (AvgIpc) is 1.65. The predicted molar refractivity (Wildman–Crippen MR) is 388 cm³/mol. The minimum Gasteiger partial charge on any atom is -0.368 e. The third kappa shape index (κ3) is 18.5. The molecule has 26 heteroatoms. The number of nitrogens with one attached hydrogen (secondary N) is 6. The van der Waals surface area contributed by atoms with Crippen LogP contribution in [0.2, 0.25) is 0 Å². The van der Waals surface area contributed by atoms with Gasteiger partial charge in [-0.25, -0.2) is 0 Å². The molecule has 6 aromatic rings. The van der Waals surface area contributed by atoms with Crippen molar-refractivity contribution >= 4 is 76.8 Å². The first-order valence-electron chi connectivity index (χ1n) is 36.2. The van der Waals surface area contributed by atoms with Gasteiger partial charge in [-0.1, -0.05) is 182 Å². The standard InChI is InChI=1S/C80H89N13O13/c1-50(94)82-57-39-64(89(44-57)70(96)33-52-22-10-3-11-23-52)76(102)84-59-41-66(91(46-59)72(98)35-54-26-14-5-15-27-54)78(104)86-61-43-68(93(48-61)74(100)37-56-30-18-7-19-31-56)80(106)87-62-42-67(92(49-62)73(99)36-55-28-16-6-17-29-55)79(105)85-60-40-65(90(47-60)71(97)34-53-24-12-4-13-25-53)77(103)83-58-38-63(75(81)101)88(45-58)69(95)32-51-20-8-2-9-21-51/h2-31,57-68H,32-49H2,1H3,(H2,81,101)(H,82,94)(H,83,103)(H,84,102)(H,85,105)(H,86,104)(H,87,106)/t57-,58-,59-,60-,61-,62-,63-,64-,65-,66-,67-,68-/m0/s1. The zero-order valence-corrected chi connectivity index (χ0v) is 59.0. The van der Waals surface area contributed by atoms with E-state index in [0.717, 1.165) is 11.1 Å². The van der Waals surface area contributed by atoms with Gasteiger partial charge in [-0.05, 0) is 71.9 Å². The maximum absolute atomic E-state index is 15.1. The zero-order chi connectivity index (χ0) is 74.5. The number of benzene rings is 6. The lowest BCUT2D eigenvalue weighted by Gasteiger charge is -2.26. The molecule has 0 aromatic heterocycles. The number of likely N-dealkylation sites (tertiary alicyclic amines) is 6. The van der Waals surface area contributed by atoms with Crippen LogP contribution in [0, 0.1) is 0 Å². The number of primary amides is 1. The van der Waals surface area contributed by atoms with E-state index in [2.05, 4.69) is 31.9 Å². The molecule has 106 heavy (non-hydrogen) atoms. The number of nitrogens with zero attached hydrogens (tertiary/aromatic N) is 6. The molecule has 6 aliphatic heterocycles. The Kier molecular flexibility index (Phi) is 23.7. The first kappa shape index (κ1) is 74.2. The van der Waals surface area contributed by atoms with Gasteiger partial charge in [-0.3, -0.25) is 62.3 Å². The first-order valence-corrected chi connectivity index (χ1v) is 36.2. The molecule has 6 aromatic carbocycles. The fourth-order valence-electron chi connectivity index (χ4n) is 15.8. The normalized spacial score (nSPS) is 23.9. The monoisotopic (exact) mass is 1440 g/mol. The van der Waals surface area contributed by atoms with Crippen LogP contribution in [0.5, 0.6) is 0 Å². The molecule has 0 aliphatic carbocycles. The van der Waals surface area contributed by atoms with Crippen molar-refractivity contribution in [3.05, 3.63) is 215 Å². The van der Waals surface area contributed by atoms with Crippen molar-refractivity contribution in [2.24, 2.45) is 5.73 Å². The van der Waals surface area contributed by atoms with Crippen molar-refractivity contribution in [3.63, 3.8) is 0 Å². The molecule has 13 amide bonds. The van der Waals surface area contributed by atoms with E-state index in [0.29, 0.717) is 22.3 Å². The van der Waals surface area contributed by atoms with Gasteiger partial charge in [0.25, 0.3) is 0 Å². The number of carbonyl (C=O) groups is 13. The highest BCUT2D eigenvalue weighted by molar-refractivity contribution is 5.95. The Morgan fingerprint density at radius 2 is 0.425 bits per heavy atom. The van der Waals surface area contributed by atoms with E-state index < -0.39 is 132 Å². The summed E-state index contributed by atoms with van der Waals surface area (Å²) in [7, 11) is 0.